The third-order valence-electron chi connectivity index (χ3n) is 1.95. The van der Waals surface area contributed by atoms with Crippen LogP contribution in [0.2, 0.25) is 0 Å². The molecule has 0 saturated heterocycles. The van der Waals surface area contributed by atoms with Crippen LogP contribution in [0, 0.1) is 6.92 Å². The van der Waals surface area contributed by atoms with Crippen LogP contribution in [0.5, 0.6) is 0 Å². The van der Waals surface area contributed by atoms with E-state index in [0.717, 1.165) is 11.2 Å². The second-order valence-corrected chi connectivity index (χ2v) is 2.78. The molecule has 1 N–H and O–H groups in total. The van der Waals surface area contributed by atoms with Gasteiger partial charge in [0, 0.05) is 13.2 Å². The van der Waals surface area contributed by atoms with Crippen LogP contribution >= 0.6 is 0 Å². The van der Waals surface area contributed by atoms with Gasteiger partial charge in [0.05, 0.1) is 16.6 Å². The van der Waals surface area contributed by atoms with Gasteiger partial charge in [0.1, 0.15) is 0 Å². The largest absolute Gasteiger partial charge is 0.328 e. The predicted octanol–water partition coefficient (Wildman–Crippen LogP) is 0.570. The van der Waals surface area contributed by atoms with Gasteiger partial charge in [-0.2, -0.15) is 5.10 Å². The normalized spacial score (nSPS) is 10.8. The summed E-state index contributed by atoms with van der Waals surface area (Å²) in [6, 6.07) is 1.84. The Labute approximate surface area is 68.8 Å². The van der Waals surface area contributed by atoms with Gasteiger partial charge in [-0.25, -0.2) is 0 Å². The Morgan fingerprint density at radius 3 is 3.00 bits per heavy atom. The van der Waals surface area contributed by atoms with Crippen molar-refractivity contribution >= 4 is 10.9 Å². The molecule has 2 rings (SSSR count). The second-order valence-electron chi connectivity index (χ2n) is 2.78. The van der Waals surface area contributed by atoms with E-state index in [4.69, 9.17) is 0 Å². The number of nitrogens with zero attached hydrogens (tertiary/aromatic N) is 2. The maximum absolute atomic E-state index is 11.3. The average molecular weight is 163 g/mol. The number of fused-ring (bicyclic) bond motifs is 1. The van der Waals surface area contributed by atoms with Crippen LogP contribution in [-0.4, -0.2) is 14.8 Å². The second kappa shape index (κ2) is 2.20. The van der Waals surface area contributed by atoms with E-state index >= 15 is 0 Å². The molecule has 0 saturated carbocycles. The zero-order chi connectivity index (χ0) is 8.72. The number of hydrogen-bond acceptors (Lipinski definition) is 2. The fourth-order valence-corrected chi connectivity index (χ4v) is 1.42. The summed E-state index contributed by atoms with van der Waals surface area (Å²) in [5, 5.41) is 4.83. The van der Waals surface area contributed by atoms with Gasteiger partial charge in [0.25, 0.3) is 5.56 Å². The van der Waals surface area contributed by atoms with Crippen molar-refractivity contribution in [1.82, 2.24) is 14.8 Å². The minimum absolute atomic E-state index is 0.0712. The molecule has 0 aliphatic heterocycles. The molecule has 62 valence electrons. The molecule has 2 heterocycles. The SMILES string of the molecule is Cc1nn(C)c2cc[nH]c(=O)c12. The highest BCUT2D eigenvalue weighted by atomic mass is 16.1. The zero-order valence-corrected chi connectivity index (χ0v) is 6.96. The van der Waals surface area contributed by atoms with Crippen LogP contribution in [0.1, 0.15) is 5.69 Å². The maximum atomic E-state index is 11.3. The number of H-pyrrole nitrogens is 1. The molecule has 0 bridgehead atoms. The van der Waals surface area contributed by atoms with Gasteiger partial charge in [-0.15, -0.1) is 0 Å². The summed E-state index contributed by atoms with van der Waals surface area (Å²) in [4.78, 5) is 13.9. The molecule has 0 radical (unpaired) electrons. The number of aromatic nitrogens is 3. The van der Waals surface area contributed by atoms with Crippen LogP contribution in [-0.2, 0) is 7.05 Å². The van der Waals surface area contributed by atoms with Crippen molar-refractivity contribution < 1.29 is 0 Å². The van der Waals surface area contributed by atoms with E-state index in [0.29, 0.717) is 5.39 Å². The molecule has 0 aromatic carbocycles. The molecular formula is C8H9N3O. The van der Waals surface area contributed by atoms with Gasteiger partial charge in [-0.1, -0.05) is 0 Å². The Morgan fingerprint density at radius 2 is 2.33 bits per heavy atom. The molecule has 0 aliphatic rings. The van der Waals surface area contributed by atoms with E-state index < -0.39 is 0 Å². The molecular weight excluding hydrogens is 154 g/mol. The molecule has 0 spiro atoms. The fourth-order valence-electron chi connectivity index (χ4n) is 1.42. The summed E-state index contributed by atoms with van der Waals surface area (Å²) in [6.45, 7) is 1.83. The van der Waals surface area contributed by atoms with Crippen molar-refractivity contribution in [3.63, 3.8) is 0 Å². The smallest absolute Gasteiger partial charge is 0.259 e. The summed E-state index contributed by atoms with van der Waals surface area (Å²) >= 11 is 0. The van der Waals surface area contributed by atoms with E-state index in [1.165, 1.54) is 0 Å². The number of pyridine rings is 1. The molecule has 4 heteroatoms. The van der Waals surface area contributed by atoms with Crippen LogP contribution in [0.3, 0.4) is 0 Å². The van der Waals surface area contributed by atoms with E-state index in [1.54, 1.807) is 10.9 Å². The first kappa shape index (κ1) is 7.09. The number of hydrogen-bond donors (Lipinski definition) is 1. The van der Waals surface area contributed by atoms with Gasteiger partial charge in [0.15, 0.2) is 0 Å². The first-order valence-electron chi connectivity index (χ1n) is 3.71. The van der Waals surface area contributed by atoms with E-state index in [1.807, 2.05) is 20.0 Å². The lowest BCUT2D eigenvalue weighted by atomic mass is 10.3. The molecule has 0 aliphatic carbocycles. The molecule has 0 atom stereocenters. The van der Waals surface area contributed by atoms with Gasteiger partial charge in [-0.3, -0.25) is 9.48 Å². The minimum atomic E-state index is -0.0712. The highest BCUT2D eigenvalue weighted by molar-refractivity contribution is 5.80. The third kappa shape index (κ3) is 0.777. The quantitative estimate of drug-likeness (QED) is 0.617. The summed E-state index contributed by atoms with van der Waals surface area (Å²) in [7, 11) is 1.83. The topological polar surface area (TPSA) is 50.7 Å². The Morgan fingerprint density at radius 1 is 1.58 bits per heavy atom. The monoisotopic (exact) mass is 163 g/mol. The van der Waals surface area contributed by atoms with E-state index in [2.05, 4.69) is 10.1 Å². The standard InChI is InChI=1S/C8H9N3O/c1-5-7-6(11(2)10-5)3-4-9-8(7)12/h3-4H,1-2H3,(H,9,12). The first-order valence-corrected chi connectivity index (χ1v) is 3.71. The molecule has 0 unspecified atom stereocenters. The lowest BCUT2D eigenvalue weighted by Crippen LogP contribution is -2.04. The van der Waals surface area contributed by atoms with E-state index in [9.17, 15) is 4.79 Å². The van der Waals surface area contributed by atoms with Crippen molar-refractivity contribution in [2.45, 2.75) is 6.92 Å². The first-order chi connectivity index (χ1) is 5.70. The maximum Gasteiger partial charge on any atom is 0.259 e. The molecule has 0 amide bonds. The average Bonchev–Trinajstić information content (AvgIpc) is 2.29. The summed E-state index contributed by atoms with van der Waals surface area (Å²) < 4.78 is 1.71. The van der Waals surface area contributed by atoms with Crippen molar-refractivity contribution in [3.05, 3.63) is 28.3 Å². The summed E-state index contributed by atoms with van der Waals surface area (Å²) in [5.74, 6) is 0. The van der Waals surface area contributed by atoms with Gasteiger partial charge >= 0.3 is 0 Å². The lowest BCUT2D eigenvalue weighted by Gasteiger charge is -1.90. The fraction of sp³-hybridized carbons (Fsp3) is 0.250. The summed E-state index contributed by atoms with van der Waals surface area (Å²) in [6.07, 6.45) is 1.63. The van der Waals surface area contributed by atoms with E-state index in [-0.39, 0.29) is 5.56 Å². The third-order valence-corrected chi connectivity index (χ3v) is 1.95. The van der Waals surface area contributed by atoms with Crippen LogP contribution in [0.15, 0.2) is 17.1 Å². The van der Waals surface area contributed by atoms with Crippen molar-refractivity contribution in [2.24, 2.45) is 7.05 Å². The minimum Gasteiger partial charge on any atom is -0.328 e. The number of nitrogens with one attached hydrogen (secondary N) is 1. The number of aromatic amines is 1. The Balaban J connectivity index is 3.09. The molecule has 4 nitrogen and oxygen atoms in total. The van der Waals surface area contributed by atoms with Crippen molar-refractivity contribution in [2.75, 3.05) is 0 Å². The van der Waals surface area contributed by atoms with Crippen LogP contribution in [0.25, 0.3) is 10.9 Å². The van der Waals surface area contributed by atoms with Gasteiger partial charge < -0.3 is 4.98 Å². The Kier molecular flexibility index (Phi) is 1.30. The van der Waals surface area contributed by atoms with Gasteiger partial charge in [0.2, 0.25) is 0 Å². The molecule has 2 aromatic heterocycles. The molecule has 2 aromatic rings. The molecule has 12 heavy (non-hydrogen) atoms. The predicted molar refractivity (Wildman–Crippen MR) is 46.1 cm³/mol. The highest BCUT2D eigenvalue weighted by Crippen LogP contribution is 2.10. The summed E-state index contributed by atoms with van der Waals surface area (Å²) in [5.41, 5.74) is 1.57. The van der Waals surface area contributed by atoms with Crippen LogP contribution < -0.4 is 5.56 Å². The molecule has 0 fully saturated rings. The lowest BCUT2D eigenvalue weighted by molar-refractivity contribution is 0.783. The number of aryl methyl sites for hydroxylation is 2. The van der Waals surface area contributed by atoms with Gasteiger partial charge in [-0.05, 0) is 13.0 Å². The van der Waals surface area contributed by atoms with Crippen LogP contribution in [0.4, 0.5) is 0 Å². The highest BCUT2D eigenvalue weighted by Gasteiger charge is 2.06. The number of rotatable bonds is 0. The Bertz CT molecular complexity index is 480. The zero-order valence-electron chi connectivity index (χ0n) is 6.96. The van der Waals surface area contributed by atoms with Crippen molar-refractivity contribution in [1.29, 1.82) is 0 Å². The Hall–Kier alpha value is -1.58. The van der Waals surface area contributed by atoms with Crippen molar-refractivity contribution in [3.8, 4) is 0 Å².